The lowest BCUT2D eigenvalue weighted by Gasteiger charge is -2.46. The molecule has 0 radical (unpaired) electrons. The number of hydrogen-bond acceptors (Lipinski definition) is 6. The van der Waals surface area contributed by atoms with Crippen LogP contribution in [-0.2, 0) is 27.1 Å². The molecule has 2 aromatic rings. The van der Waals surface area contributed by atoms with Crippen molar-refractivity contribution >= 4 is 5.97 Å². The fraction of sp³-hybridized carbons (Fsp3) is 0.552. The van der Waals surface area contributed by atoms with Crippen LogP contribution in [0.1, 0.15) is 55.7 Å². The van der Waals surface area contributed by atoms with Gasteiger partial charge in [-0.15, -0.1) is 0 Å². The normalized spacial score (nSPS) is 19.1. The molecule has 6 nitrogen and oxygen atoms in total. The minimum absolute atomic E-state index is 0.0174. The molecular formula is C29H40FNO5. The van der Waals surface area contributed by atoms with Crippen LogP contribution in [0.2, 0.25) is 0 Å². The summed E-state index contributed by atoms with van der Waals surface area (Å²) in [4.78, 5) is 12.6. The van der Waals surface area contributed by atoms with Gasteiger partial charge in [0.1, 0.15) is 18.0 Å². The van der Waals surface area contributed by atoms with E-state index >= 15 is 0 Å². The smallest absolute Gasteiger partial charge is 0.332 e. The van der Waals surface area contributed by atoms with Gasteiger partial charge >= 0.3 is 5.97 Å². The molecule has 198 valence electrons. The van der Waals surface area contributed by atoms with E-state index in [2.05, 4.69) is 25.2 Å². The summed E-state index contributed by atoms with van der Waals surface area (Å²) < 4.78 is 35.9. The number of esters is 1. The molecule has 0 bridgehead atoms. The van der Waals surface area contributed by atoms with Crippen LogP contribution < -0.4 is 14.8 Å². The van der Waals surface area contributed by atoms with Crippen LogP contribution in [0.15, 0.2) is 36.4 Å². The molecule has 0 amide bonds. The Balaban J connectivity index is 1.65. The van der Waals surface area contributed by atoms with Gasteiger partial charge in [0.2, 0.25) is 0 Å². The number of fused-ring (bicyclic) bond motifs is 1. The first-order valence-corrected chi connectivity index (χ1v) is 12.7. The standard InChI is InChI=1S/C29H40FNO5/c1-20(2)28-24-10-9-23(30)18-22(24)12-13-29(28,36-27(32)19-33-3)14-16-31-15-6-7-21-8-11-25(34-4)26(17-21)35-5/h8-11,17-18,20,28,31H,6-7,12-16,19H2,1-5H3/t28-,29-/m1/s1. The molecule has 0 heterocycles. The van der Waals surface area contributed by atoms with E-state index in [1.54, 1.807) is 20.3 Å². The average Bonchev–Trinajstić information content (AvgIpc) is 2.85. The summed E-state index contributed by atoms with van der Waals surface area (Å²) >= 11 is 0. The van der Waals surface area contributed by atoms with E-state index in [0.717, 1.165) is 42.0 Å². The summed E-state index contributed by atoms with van der Waals surface area (Å²) in [6.45, 7) is 5.75. The van der Waals surface area contributed by atoms with Crippen molar-refractivity contribution in [1.29, 1.82) is 0 Å². The monoisotopic (exact) mass is 501 g/mol. The molecule has 0 saturated heterocycles. The molecule has 0 unspecified atom stereocenters. The highest BCUT2D eigenvalue weighted by Gasteiger charge is 2.47. The second-order valence-electron chi connectivity index (χ2n) is 9.83. The zero-order valence-corrected chi connectivity index (χ0v) is 22.2. The molecule has 2 aromatic carbocycles. The van der Waals surface area contributed by atoms with E-state index in [1.807, 2.05) is 18.2 Å². The topological polar surface area (TPSA) is 66.0 Å². The van der Waals surface area contributed by atoms with Gasteiger partial charge in [-0.05, 0) is 85.6 Å². The third-order valence-electron chi connectivity index (χ3n) is 7.06. The molecule has 3 rings (SSSR count). The first kappa shape index (κ1) is 27.9. The molecule has 0 aliphatic heterocycles. The van der Waals surface area contributed by atoms with E-state index in [4.69, 9.17) is 18.9 Å². The average molecular weight is 502 g/mol. The highest BCUT2D eigenvalue weighted by atomic mass is 19.1. The Morgan fingerprint density at radius 3 is 2.56 bits per heavy atom. The molecule has 1 aliphatic carbocycles. The molecule has 0 saturated carbocycles. The Kier molecular flexibility index (Phi) is 10.1. The number of carbonyl (C=O) groups excluding carboxylic acids is 1. The second kappa shape index (κ2) is 13.1. The highest BCUT2D eigenvalue weighted by molar-refractivity contribution is 5.71. The summed E-state index contributed by atoms with van der Waals surface area (Å²) in [6.07, 6.45) is 3.89. The third kappa shape index (κ3) is 6.77. The summed E-state index contributed by atoms with van der Waals surface area (Å²) in [7, 11) is 4.77. The predicted octanol–water partition coefficient (Wildman–Crippen LogP) is 5.07. The van der Waals surface area contributed by atoms with Gasteiger partial charge in [-0.3, -0.25) is 0 Å². The van der Waals surface area contributed by atoms with Gasteiger partial charge in [-0.1, -0.05) is 26.0 Å². The fourth-order valence-electron chi connectivity index (χ4n) is 5.54. The Morgan fingerprint density at radius 1 is 1.08 bits per heavy atom. The predicted molar refractivity (Wildman–Crippen MR) is 138 cm³/mol. The summed E-state index contributed by atoms with van der Waals surface area (Å²) in [5, 5.41) is 3.54. The molecule has 1 N–H and O–H groups in total. The molecule has 2 atom stereocenters. The van der Waals surface area contributed by atoms with Crippen molar-refractivity contribution in [1.82, 2.24) is 5.32 Å². The van der Waals surface area contributed by atoms with Crippen molar-refractivity contribution in [3.05, 3.63) is 58.9 Å². The van der Waals surface area contributed by atoms with Gasteiger partial charge in [0.05, 0.1) is 14.2 Å². The maximum atomic E-state index is 13.9. The lowest BCUT2D eigenvalue weighted by Crippen LogP contribution is -2.49. The number of benzene rings is 2. The van der Waals surface area contributed by atoms with Gasteiger partial charge in [-0.2, -0.15) is 0 Å². The zero-order chi connectivity index (χ0) is 26.1. The van der Waals surface area contributed by atoms with Crippen molar-refractivity contribution < 1.29 is 28.1 Å². The van der Waals surface area contributed by atoms with Gasteiger partial charge in [0.25, 0.3) is 0 Å². The van der Waals surface area contributed by atoms with Crippen molar-refractivity contribution in [3.63, 3.8) is 0 Å². The number of carbonyl (C=O) groups is 1. The summed E-state index contributed by atoms with van der Waals surface area (Å²) in [5.41, 5.74) is 2.62. The minimum Gasteiger partial charge on any atom is -0.493 e. The Hall–Kier alpha value is -2.64. The van der Waals surface area contributed by atoms with Crippen LogP contribution in [0, 0.1) is 11.7 Å². The molecule has 0 spiro atoms. The van der Waals surface area contributed by atoms with Gasteiger partial charge in [0, 0.05) is 19.4 Å². The number of aryl methyl sites for hydroxylation is 2. The number of methoxy groups -OCH3 is 3. The van der Waals surface area contributed by atoms with Crippen LogP contribution in [-0.4, -0.2) is 52.6 Å². The summed E-state index contributed by atoms with van der Waals surface area (Å²) in [5.74, 6) is 1.08. The minimum atomic E-state index is -0.662. The van der Waals surface area contributed by atoms with E-state index in [1.165, 1.54) is 18.7 Å². The Morgan fingerprint density at radius 2 is 1.86 bits per heavy atom. The van der Waals surface area contributed by atoms with Crippen molar-refractivity contribution in [2.45, 2.75) is 57.5 Å². The van der Waals surface area contributed by atoms with Crippen LogP contribution in [0.4, 0.5) is 4.39 Å². The molecule has 36 heavy (non-hydrogen) atoms. The molecule has 0 aromatic heterocycles. The fourth-order valence-corrected chi connectivity index (χ4v) is 5.54. The lowest BCUT2D eigenvalue weighted by atomic mass is 9.65. The number of ether oxygens (including phenoxy) is 4. The van der Waals surface area contributed by atoms with E-state index < -0.39 is 5.60 Å². The lowest BCUT2D eigenvalue weighted by molar-refractivity contribution is -0.171. The van der Waals surface area contributed by atoms with Crippen molar-refractivity contribution in [3.8, 4) is 11.5 Å². The second-order valence-corrected chi connectivity index (χ2v) is 9.83. The molecule has 0 fully saturated rings. The SMILES string of the molecule is COCC(=O)O[C@@]1(CCNCCCc2ccc(OC)c(OC)c2)CCc2cc(F)ccc2[C@H]1C(C)C. The maximum absolute atomic E-state index is 13.9. The number of halogens is 1. The van der Waals surface area contributed by atoms with Crippen LogP contribution >= 0.6 is 0 Å². The highest BCUT2D eigenvalue weighted by Crippen LogP contribution is 2.48. The van der Waals surface area contributed by atoms with E-state index in [9.17, 15) is 9.18 Å². The Labute approximate surface area is 214 Å². The summed E-state index contributed by atoms with van der Waals surface area (Å²) in [6, 6.07) is 11.0. The third-order valence-corrected chi connectivity index (χ3v) is 7.06. The van der Waals surface area contributed by atoms with E-state index in [-0.39, 0.29) is 30.2 Å². The number of nitrogens with one attached hydrogen (secondary N) is 1. The Bertz CT molecular complexity index is 1010. The quantitative estimate of drug-likeness (QED) is 0.305. The van der Waals surface area contributed by atoms with Gasteiger partial charge < -0.3 is 24.3 Å². The van der Waals surface area contributed by atoms with Crippen LogP contribution in [0.3, 0.4) is 0 Å². The van der Waals surface area contributed by atoms with E-state index in [0.29, 0.717) is 25.8 Å². The van der Waals surface area contributed by atoms with Crippen LogP contribution in [0.5, 0.6) is 11.5 Å². The van der Waals surface area contributed by atoms with Crippen molar-refractivity contribution in [2.24, 2.45) is 5.92 Å². The van der Waals surface area contributed by atoms with Gasteiger partial charge in [-0.25, -0.2) is 9.18 Å². The first-order chi connectivity index (χ1) is 17.3. The first-order valence-electron chi connectivity index (χ1n) is 12.7. The number of hydrogen-bond donors (Lipinski definition) is 1. The molecule has 7 heteroatoms. The van der Waals surface area contributed by atoms with Crippen LogP contribution in [0.25, 0.3) is 0 Å². The maximum Gasteiger partial charge on any atom is 0.332 e. The molecular weight excluding hydrogens is 461 g/mol. The largest absolute Gasteiger partial charge is 0.493 e. The number of rotatable bonds is 13. The molecule has 1 aliphatic rings. The van der Waals surface area contributed by atoms with Gasteiger partial charge in [0.15, 0.2) is 11.5 Å². The van der Waals surface area contributed by atoms with Crippen molar-refractivity contribution in [2.75, 3.05) is 41.0 Å². The zero-order valence-electron chi connectivity index (χ0n) is 22.2.